The van der Waals surface area contributed by atoms with Crippen LogP contribution in [0.2, 0.25) is 0 Å². The fourth-order valence-corrected chi connectivity index (χ4v) is 4.55. The van der Waals surface area contributed by atoms with Crippen LogP contribution in [0.5, 0.6) is 5.75 Å². The summed E-state index contributed by atoms with van der Waals surface area (Å²) in [4.78, 5) is 30.3. The zero-order chi connectivity index (χ0) is 19.5. The average molecular weight is 380 g/mol. The minimum absolute atomic E-state index is 0.107. The van der Waals surface area contributed by atoms with E-state index in [2.05, 4.69) is 4.98 Å². The van der Waals surface area contributed by atoms with Crippen molar-refractivity contribution in [2.45, 2.75) is 38.3 Å². The van der Waals surface area contributed by atoms with Gasteiger partial charge in [-0.15, -0.1) is 0 Å². The molecule has 1 saturated heterocycles. The van der Waals surface area contributed by atoms with E-state index >= 15 is 0 Å². The van der Waals surface area contributed by atoms with Crippen LogP contribution in [0, 0.1) is 11.8 Å². The lowest BCUT2D eigenvalue weighted by molar-refractivity contribution is -0.149. The van der Waals surface area contributed by atoms with Crippen molar-refractivity contribution in [3.05, 3.63) is 59.9 Å². The first-order chi connectivity index (χ1) is 13.6. The zero-order valence-electron chi connectivity index (χ0n) is 15.7. The van der Waals surface area contributed by atoms with Crippen molar-refractivity contribution >= 4 is 11.9 Å². The maximum absolute atomic E-state index is 12.9. The van der Waals surface area contributed by atoms with Crippen LogP contribution in [0.25, 0.3) is 0 Å². The van der Waals surface area contributed by atoms with Crippen molar-refractivity contribution in [1.29, 1.82) is 0 Å². The number of carbonyl (C=O) groups is 2. The molecule has 0 spiro atoms. The lowest BCUT2D eigenvalue weighted by Gasteiger charge is -2.24. The number of hydrogen-bond donors (Lipinski definition) is 1. The molecule has 2 heterocycles. The molecule has 4 rings (SSSR count). The summed E-state index contributed by atoms with van der Waals surface area (Å²) in [6.45, 7) is 0.972. The predicted molar refractivity (Wildman–Crippen MR) is 103 cm³/mol. The first kappa shape index (κ1) is 18.5. The number of hydrogen-bond acceptors (Lipinski definition) is 4. The summed E-state index contributed by atoms with van der Waals surface area (Å²) in [7, 11) is 0. The fourth-order valence-electron chi connectivity index (χ4n) is 4.55. The third kappa shape index (κ3) is 3.86. The Bertz CT molecular complexity index is 855. The maximum Gasteiger partial charge on any atom is 0.326 e. The highest BCUT2D eigenvalue weighted by Gasteiger charge is 2.49. The molecule has 1 aromatic heterocycles. The molecule has 1 saturated carbocycles. The van der Waals surface area contributed by atoms with Gasteiger partial charge in [0.1, 0.15) is 18.4 Å². The SMILES string of the molecule is O=C(O)C1C2CCCC2CN1C(=O)Cc1cccc(OCc2cccnc2)c1. The van der Waals surface area contributed by atoms with Crippen LogP contribution in [0.1, 0.15) is 30.4 Å². The third-order valence-corrected chi connectivity index (χ3v) is 5.85. The molecule has 3 unspecified atom stereocenters. The first-order valence-electron chi connectivity index (χ1n) is 9.75. The van der Waals surface area contributed by atoms with Gasteiger partial charge in [-0.05, 0) is 48.4 Å². The molecule has 1 N–H and O–H groups in total. The molecule has 6 nitrogen and oxygen atoms in total. The summed E-state index contributed by atoms with van der Waals surface area (Å²) in [6.07, 6.45) is 6.65. The Morgan fingerprint density at radius 2 is 2.04 bits per heavy atom. The highest BCUT2D eigenvalue weighted by Crippen LogP contribution is 2.42. The summed E-state index contributed by atoms with van der Waals surface area (Å²) in [5.74, 6) is 0.125. The second-order valence-corrected chi connectivity index (χ2v) is 7.66. The zero-order valence-corrected chi connectivity index (χ0v) is 15.7. The van der Waals surface area contributed by atoms with Crippen molar-refractivity contribution in [2.24, 2.45) is 11.8 Å². The van der Waals surface area contributed by atoms with Crippen LogP contribution in [0.4, 0.5) is 0 Å². The van der Waals surface area contributed by atoms with E-state index < -0.39 is 12.0 Å². The molecule has 3 atom stereocenters. The Kier molecular flexibility index (Phi) is 5.28. The van der Waals surface area contributed by atoms with Gasteiger partial charge in [0.15, 0.2) is 0 Å². The van der Waals surface area contributed by atoms with E-state index in [0.29, 0.717) is 24.8 Å². The Balaban J connectivity index is 1.41. The summed E-state index contributed by atoms with van der Waals surface area (Å²) in [5, 5.41) is 9.65. The van der Waals surface area contributed by atoms with Gasteiger partial charge in [0.2, 0.25) is 5.91 Å². The number of carboxylic acid groups (broad SMARTS) is 1. The number of likely N-dealkylation sites (tertiary alicyclic amines) is 1. The van der Waals surface area contributed by atoms with Crippen molar-refractivity contribution in [2.75, 3.05) is 6.54 Å². The summed E-state index contributed by atoms with van der Waals surface area (Å²) in [5.41, 5.74) is 1.80. The minimum atomic E-state index is -0.878. The van der Waals surface area contributed by atoms with Gasteiger partial charge < -0.3 is 14.7 Å². The van der Waals surface area contributed by atoms with Gasteiger partial charge >= 0.3 is 5.97 Å². The van der Waals surface area contributed by atoms with Crippen LogP contribution in [-0.4, -0.2) is 39.5 Å². The fraction of sp³-hybridized carbons (Fsp3) is 0.409. The Morgan fingerprint density at radius 3 is 2.82 bits per heavy atom. The first-order valence-corrected chi connectivity index (χ1v) is 9.75. The number of pyridine rings is 1. The second kappa shape index (κ2) is 8.00. The number of rotatable bonds is 6. The number of carboxylic acids is 1. The maximum atomic E-state index is 12.9. The van der Waals surface area contributed by atoms with Crippen LogP contribution < -0.4 is 4.74 Å². The van der Waals surface area contributed by atoms with Crippen molar-refractivity contribution < 1.29 is 19.4 Å². The Morgan fingerprint density at radius 1 is 1.18 bits per heavy atom. The quantitative estimate of drug-likeness (QED) is 0.834. The minimum Gasteiger partial charge on any atom is -0.489 e. The lowest BCUT2D eigenvalue weighted by Crippen LogP contribution is -2.43. The van der Waals surface area contributed by atoms with Gasteiger partial charge in [0, 0.05) is 24.5 Å². The van der Waals surface area contributed by atoms with Crippen molar-refractivity contribution in [3.8, 4) is 5.75 Å². The summed E-state index contributed by atoms with van der Waals surface area (Å²) >= 11 is 0. The molecular weight excluding hydrogens is 356 g/mol. The number of aliphatic carboxylic acids is 1. The third-order valence-electron chi connectivity index (χ3n) is 5.85. The lowest BCUT2D eigenvalue weighted by atomic mass is 9.94. The van der Waals surface area contributed by atoms with Gasteiger partial charge in [0.05, 0.1) is 6.42 Å². The van der Waals surface area contributed by atoms with Crippen molar-refractivity contribution in [3.63, 3.8) is 0 Å². The number of carbonyl (C=O) groups excluding carboxylic acids is 1. The van der Waals surface area contributed by atoms with E-state index in [9.17, 15) is 14.7 Å². The van der Waals surface area contributed by atoms with Crippen LogP contribution >= 0.6 is 0 Å². The van der Waals surface area contributed by atoms with Gasteiger partial charge in [-0.2, -0.15) is 0 Å². The van der Waals surface area contributed by atoms with E-state index in [0.717, 1.165) is 30.4 Å². The molecule has 146 valence electrons. The highest BCUT2D eigenvalue weighted by atomic mass is 16.5. The summed E-state index contributed by atoms with van der Waals surface area (Å²) in [6, 6.07) is 10.6. The number of benzene rings is 1. The second-order valence-electron chi connectivity index (χ2n) is 7.66. The molecular formula is C22H24N2O4. The molecule has 0 radical (unpaired) electrons. The van der Waals surface area contributed by atoms with E-state index in [1.807, 2.05) is 36.4 Å². The molecule has 0 bridgehead atoms. The molecule has 2 aromatic rings. The van der Waals surface area contributed by atoms with Gasteiger partial charge in [-0.3, -0.25) is 9.78 Å². The summed E-state index contributed by atoms with van der Waals surface area (Å²) < 4.78 is 5.80. The number of amides is 1. The van der Waals surface area contributed by atoms with Gasteiger partial charge in [0.25, 0.3) is 0 Å². The number of aromatic nitrogens is 1. The highest BCUT2D eigenvalue weighted by molar-refractivity contribution is 5.86. The van der Waals surface area contributed by atoms with Crippen molar-refractivity contribution in [1.82, 2.24) is 9.88 Å². The van der Waals surface area contributed by atoms with Crippen LogP contribution in [0.15, 0.2) is 48.8 Å². The van der Waals surface area contributed by atoms with E-state index in [1.54, 1.807) is 17.3 Å². The molecule has 1 aliphatic carbocycles. The van der Waals surface area contributed by atoms with Crippen LogP contribution in [0.3, 0.4) is 0 Å². The average Bonchev–Trinajstić information content (AvgIpc) is 3.28. The molecule has 1 aliphatic heterocycles. The van der Waals surface area contributed by atoms with Gasteiger partial charge in [-0.1, -0.05) is 24.6 Å². The molecule has 1 aromatic carbocycles. The topological polar surface area (TPSA) is 79.7 Å². The smallest absolute Gasteiger partial charge is 0.326 e. The van der Waals surface area contributed by atoms with E-state index in [-0.39, 0.29) is 18.2 Å². The van der Waals surface area contributed by atoms with E-state index in [4.69, 9.17) is 4.74 Å². The number of nitrogens with zero attached hydrogens (tertiary/aromatic N) is 2. The Hall–Kier alpha value is -2.89. The molecule has 2 aliphatic rings. The predicted octanol–water partition coefficient (Wildman–Crippen LogP) is 2.91. The largest absolute Gasteiger partial charge is 0.489 e. The molecule has 6 heteroatoms. The van der Waals surface area contributed by atoms with Gasteiger partial charge in [-0.25, -0.2) is 4.79 Å². The standard InChI is InChI=1S/C22H24N2O4/c25-20(24-13-17-6-2-8-19(17)21(24)22(26)27)11-15-4-1-7-18(10-15)28-14-16-5-3-9-23-12-16/h1,3-5,7,9-10,12,17,19,21H,2,6,8,11,13-14H2,(H,26,27). The van der Waals surface area contributed by atoms with Crippen LogP contribution in [-0.2, 0) is 22.6 Å². The molecule has 1 amide bonds. The normalized spacial score (nSPS) is 23.4. The van der Waals surface area contributed by atoms with E-state index in [1.165, 1.54) is 0 Å². The Labute approximate surface area is 164 Å². The number of fused-ring (bicyclic) bond motifs is 1. The monoisotopic (exact) mass is 380 g/mol. The molecule has 28 heavy (non-hydrogen) atoms. The molecule has 2 fully saturated rings. The number of ether oxygens (including phenoxy) is 1.